The predicted molar refractivity (Wildman–Crippen MR) is 198 cm³/mol. The number of rotatable bonds is 13. The van der Waals surface area contributed by atoms with Gasteiger partial charge in [0.05, 0.1) is 11.0 Å². The zero-order valence-electron chi connectivity index (χ0n) is 30.7. The van der Waals surface area contributed by atoms with Crippen LogP contribution in [0.15, 0.2) is 12.2 Å². The Labute approximate surface area is 325 Å². The van der Waals surface area contributed by atoms with Crippen molar-refractivity contribution in [1.29, 1.82) is 0 Å². The summed E-state index contributed by atoms with van der Waals surface area (Å²) in [5.74, 6) is -3.96. The number of nitrogens with one attached hydrogen (secondary N) is 3. The third-order valence-corrected chi connectivity index (χ3v) is 8.40. The average Bonchev–Trinajstić information content (AvgIpc) is 3.72. The number of hydrogen-bond acceptors (Lipinski definition) is 17. The summed E-state index contributed by atoms with van der Waals surface area (Å²) < 4.78 is 0. The molecule has 3 heterocycles. The van der Waals surface area contributed by atoms with Crippen LogP contribution in [0.5, 0.6) is 0 Å². The minimum absolute atomic E-state index is 0.0416. The van der Waals surface area contributed by atoms with E-state index in [1.165, 1.54) is 20.9 Å². The Balaban J connectivity index is 0. The Bertz CT molecular complexity index is 1410. The number of imide groups is 3. The summed E-state index contributed by atoms with van der Waals surface area (Å²) in [7, 11) is 2.51. The highest BCUT2D eigenvalue weighted by Gasteiger charge is 2.40. The van der Waals surface area contributed by atoms with Crippen LogP contribution in [0.25, 0.3) is 0 Å². The second-order valence-corrected chi connectivity index (χ2v) is 12.8. The van der Waals surface area contributed by atoms with Crippen LogP contribution >= 0.6 is 36.2 Å². The van der Waals surface area contributed by atoms with E-state index < -0.39 is 40.8 Å². The van der Waals surface area contributed by atoms with Crippen LogP contribution < -0.4 is 16.0 Å². The lowest BCUT2D eigenvalue weighted by molar-refractivity contribution is -0.195. The summed E-state index contributed by atoms with van der Waals surface area (Å²) in [5.41, 5.74) is 0. The normalized spacial score (nSPS) is 15.4. The maximum Gasteiger partial charge on any atom is 0.343 e. The number of likely N-dealkylation sites (N-methyl/N-ethyl adjacent to an activating group) is 2. The van der Waals surface area contributed by atoms with Crippen LogP contribution in [0, 0.1) is 0 Å². The number of aliphatic hydroxyl groups excluding tert-OH is 1. The fourth-order valence-electron chi connectivity index (χ4n) is 3.52. The Kier molecular flexibility index (Phi) is 27.5. The number of thioether (sulfide) groups is 2. The maximum absolute atomic E-state index is 11.9. The fourth-order valence-corrected chi connectivity index (χ4v) is 4.93. The lowest BCUT2D eigenvalue weighted by Gasteiger charge is -2.14. The Morgan fingerprint density at radius 3 is 1.67 bits per heavy atom. The number of amides is 9. The topological polar surface area (TPSA) is 280 Å². The smallest absolute Gasteiger partial charge is 0.343 e. The number of Topliss-reactive ketones (excluding diaryl/α,β-unsaturated/α-hetero) is 1. The van der Waals surface area contributed by atoms with E-state index in [-0.39, 0.29) is 78.4 Å². The van der Waals surface area contributed by atoms with Crippen LogP contribution in [0.2, 0.25) is 0 Å². The van der Waals surface area contributed by atoms with Crippen molar-refractivity contribution in [2.75, 3.05) is 57.6 Å². The number of carbonyl (C=O) groups excluding carboxylic acids is 12. The minimum Gasteiger partial charge on any atom is -0.400 e. The number of likely N-dealkylation sites (tertiary alicyclic amines) is 1. The van der Waals surface area contributed by atoms with Gasteiger partial charge in [0.25, 0.3) is 23.6 Å². The van der Waals surface area contributed by atoms with Gasteiger partial charge in [-0.05, 0) is 20.8 Å². The van der Waals surface area contributed by atoms with Crippen molar-refractivity contribution in [2.24, 2.45) is 0 Å². The van der Waals surface area contributed by atoms with Gasteiger partial charge in [-0.25, -0.2) is 4.79 Å². The molecule has 0 aromatic heterocycles. The van der Waals surface area contributed by atoms with E-state index >= 15 is 0 Å². The van der Waals surface area contributed by atoms with Crippen LogP contribution in [-0.2, 0) is 62.4 Å². The molecule has 2 fully saturated rings. The highest BCUT2D eigenvalue weighted by Crippen LogP contribution is 2.24. The van der Waals surface area contributed by atoms with Crippen LogP contribution in [0.4, 0.5) is 0 Å². The molecule has 0 spiro atoms. The minimum atomic E-state index is -0.779. The van der Waals surface area contributed by atoms with E-state index in [1.807, 2.05) is 0 Å². The van der Waals surface area contributed by atoms with Gasteiger partial charge in [-0.15, -0.1) is 16.8 Å². The number of carbonyl (C=O) groups is 12. The van der Waals surface area contributed by atoms with Crippen molar-refractivity contribution in [3.8, 4) is 0 Å². The Morgan fingerprint density at radius 2 is 1.26 bits per heavy atom. The first kappa shape index (κ1) is 51.5. The predicted octanol–water partition coefficient (Wildman–Crippen LogP) is -2.24. The molecule has 20 nitrogen and oxygen atoms in total. The molecule has 54 heavy (non-hydrogen) atoms. The Morgan fingerprint density at radius 1 is 0.796 bits per heavy atom. The van der Waals surface area contributed by atoms with Crippen molar-refractivity contribution in [3.63, 3.8) is 0 Å². The molecule has 2 saturated heterocycles. The Hall–Kier alpha value is -4.61. The summed E-state index contributed by atoms with van der Waals surface area (Å²) in [5, 5.41) is 14.1. The average molecular weight is 823 g/mol. The zero-order chi connectivity index (χ0) is 42.0. The van der Waals surface area contributed by atoms with E-state index in [0.717, 1.165) is 52.6 Å². The highest BCUT2D eigenvalue weighted by atomic mass is 32.2. The summed E-state index contributed by atoms with van der Waals surface area (Å²) in [6, 6.07) is 0. The molecule has 1 unspecified atom stereocenters. The second kappa shape index (κ2) is 28.8. The summed E-state index contributed by atoms with van der Waals surface area (Å²) in [4.78, 5) is 139. The number of thiol groups is 1. The van der Waals surface area contributed by atoms with E-state index in [0.29, 0.717) is 23.9 Å². The quantitative estimate of drug-likeness (QED) is 0.0971. The third-order valence-electron chi connectivity index (χ3n) is 5.96. The summed E-state index contributed by atoms with van der Waals surface area (Å²) in [6.07, 6.45) is 2.47. The van der Waals surface area contributed by atoms with Crippen molar-refractivity contribution >= 4 is 106 Å². The molecule has 0 saturated carbocycles. The standard InChI is InChI=1S/C11H17N3O4S.C8H10N2O3.C8H9NO5S.C3H6OS.CH4O/c1-3-13-8(15)5-14-10(17)4-7(11(14)18)19-6-9(16)12-2;1-2-9-6(11)5-10-7(12)3-4-8(10)13;1-5(10)15-4-8(13)14-9-6(11)2-3-7(9)12;1-3(4)2-5;1-2/h7H,3-6H2,1-2H3,(H,12,16)(H,13,15);3-4H,2,5H2,1H3,(H,9,11);2-4H2,1H3;5H,2H2,1H3;2H,1H3. The van der Waals surface area contributed by atoms with Crippen molar-refractivity contribution in [3.05, 3.63) is 12.2 Å². The molecule has 0 aliphatic carbocycles. The molecular weight excluding hydrogens is 777 g/mol. The van der Waals surface area contributed by atoms with Gasteiger partial charge in [0.15, 0.2) is 5.12 Å². The highest BCUT2D eigenvalue weighted by molar-refractivity contribution is 8.14. The van der Waals surface area contributed by atoms with Crippen LogP contribution in [0.1, 0.15) is 47.0 Å². The number of nitrogens with zero attached hydrogens (tertiary/aromatic N) is 3. The van der Waals surface area contributed by atoms with Gasteiger partial charge in [-0.2, -0.15) is 12.6 Å². The lowest BCUT2D eigenvalue weighted by Crippen LogP contribution is -2.41. The van der Waals surface area contributed by atoms with Crippen molar-refractivity contribution in [1.82, 2.24) is 30.8 Å². The molecule has 4 N–H and O–H groups in total. The molecule has 9 amide bonds. The first-order valence-corrected chi connectivity index (χ1v) is 18.6. The summed E-state index contributed by atoms with van der Waals surface area (Å²) >= 11 is 5.55. The largest absolute Gasteiger partial charge is 0.400 e. The first-order valence-electron chi connectivity index (χ1n) is 15.9. The van der Waals surface area contributed by atoms with Gasteiger partial charge in [-0.3, -0.25) is 62.5 Å². The van der Waals surface area contributed by atoms with Gasteiger partial charge in [0.2, 0.25) is 29.5 Å². The maximum atomic E-state index is 11.9. The summed E-state index contributed by atoms with van der Waals surface area (Å²) in [6.45, 7) is 6.84. The lowest BCUT2D eigenvalue weighted by atomic mass is 10.4. The number of hydroxylamine groups is 2. The van der Waals surface area contributed by atoms with E-state index in [4.69, 9.17) is 5.11 Å². The number of aliphatic hydroxyl groups is 1. The molecule has 302 valence electrons. The molecule has 23 heteroatoms. The van der Waals surface area contributed by atoms with Crippen molar-refractivity contribution < 1.29 is 67.5 Å². The number of hydrogen-bond donors (Lipinski definition) is 5. The zero-order valence-corrected chi connectivity index (χ0v) is 33.2. The van der Waals surface area contributed by atoms with Crippen molar-refractivity contribution in [2.45, 2.75) is 52.2 Å². The first-order chi connectivity index (χ1) is 25.4. The van der Waals surface area contributed by atoms with Gasteiger partial charge in [0.1, 0.15) is 24.6 Å². The molecule has 3 aliphatic heterocycles. The second-order valence-electron chi connectivity index (χ2n) is 10.2. The van der Waals surface area contributed by atoms with Gasteiger partial charge >= 0.3 is 5.97 Å². The van der Waals surface area contributed by atoms with Gasteiger partial charge in [-0.1, -0.05) is 11.8 Å². The molecule has 3 rings (SSSR count). The fraction of sp³-hybridized carbons (Fsp3) is 0.548. The SMILES string of the molecule is CC(=O)CS.CC(=O)SCC(=O)ON1C(=O)CCC1=O.CCNC(=O)CN1C(=O)C=CC1=O.CCNC(=O)CN1C(=O)CC(SCC(=O)NC)C1=O.CO. The van der Waals surface area contributed by atoms with Crippen LogP contribution in [0.3, 0.4) is 0 Å². The molecular formula is C31H46N6O14S3. The molecule has 0 bridgehead atoms. The molecule has 1 atom stereocenters. The van der Waals surface area contributed by atoms with Gasteiger partial charge < -0.3 is 25.9 Å². The number of ketones is 1. The molecule has 3 aliphatic rings. The van der Waals surface area contributed by atoms with E-state index in [9.17, 15) is 57.5 Å². The van der Waals surface area contributed by atoms with Crippen LogP contribution in [-0.4, -0.2) is 153 Å². The third kappa shape index (κ3) is 21.2. The van der Waals surface area contributed by atoms with E-state index in [2.05, 4.69) is 33.4 Å². The molecule has 0 aromatic carbocycles. The molecule has 0 radical (unpaired) electrons. The molecule has 0 aromatic rings. The van der Waals surface area contributed by atoms with Gasteiger partial charge in [0, 0.05) is 71.3 Å². The monoisotopic (exact) mass is 822 g/mol. The van der Waals surface area contributed by atoms with E-state index in [1.54, 1.807) is 13.8 Å².